The summed E-state index contributed by atoms with van der Waals surface area (Å²) in [6.07, 6.45) is 5.61. The minimum Gasteiger partial charge on any atom is -0.396 e. The van der Waals surface area contributed by atoms with Crippen molar-refractivity contribution in [2.24, 2.45) is 11.6 Å². The van der Waals surface area contributed by atoms with E-state index >= 15 is 0 Å². The molecule has 1 aromatic carbocycles. The quantitative estimate of drug-likeness (QED) is 0.459. The zero-order valence-electron chi connectivity index (χ0n) is 18.7. The molecule has 1 saturated heterocycles. The van der Waals surface area contributed by atoms with Gasteiger partial charge in [0.1, 0.15) is 5.52 Å². The summed E-state index contributed by atoms with van der Waals surface area (Å²) in [6.45, 7) is 5.32. The number of rotatable bonds is 5. The molecule has 168 valence electrons. The molecule has 0 spiro atoms. The second-order valence-electron chi connectivity index (χ2n) is 8.34. The Bertz CT molecular complexity index is 1210. The van der Waals surface area contributed by atoms with Crippen LogP contribution in [0.4, 0.5) is 0 Å². The van der Waals surface area contributed by atoms with Crippen LogP contribution in [-0.4, -0.2) is 45.2 Å². The monoisotopic (exact) mass is 435 g/mol. The van der Waals surface area contributed by atoms with E-state index in [0.717, 1.165) is 35.1 Å². The van der Waals surface area contributed by atoms with Crippen LogP contribution in [0.25, 0.3) is 16.6 Å². The first-order chi connectivity index (χ1) is 15.3. The number of hydrogen-bond acceptors (Lipinski definition) is 8. The van der Waals surface area contributed by atoms with E-state index < -0.39 is 0 Å². The van der Waals surface area contributed by atoms with E-state index in [1.807, 2.05) is 25.1 Å². The number of nitrogens with two attached hydrogens (primary N) is 2. The topological polar surface area (TPSA) is 125 Å². The molecule has 0 radical (unpaired) electrons. The molecule has 0 unspecified atom stereocenters. The van der Waals surface area contributed by atoms with Crippen LogP contribution in [0.1, 0.15) is 46.8 Å². The predicted molar refractivity (Wildman–Crippen MR) is 124 cm³/mol. The number of benzene rings is 1. The van der Waals surface area contributed by atoms with Crippen molar-refractivity contribution < 1.29 is 4.74 Å². The van der Waals surface area contributed by atoms with E-state index in [1.54, 1.807) is 19.4 Å². The molecule has 1 fully saturated rings. The third-order valence-electron chi connectivity index (χ3n) is 6.05. The van der Waals surface area contributed by atoms with E-state index in [2.05, 4.69) is 22.2 Å². The van der Waals surface area contributed by atoms with Gasteiger partial charge in [0, 0.05) is 32.7 Å². The van der Waals surface area contributed by atoms with Gasteiger partial charge in [-0.1, -0.05) is 11.3 Å². The molecule has 0 amide bonds. The zero-order chi connectivity index (χ0) is 22.8. The van der Waals surface area contributed by atoms with Crippen LogP contribution in [0, 0.1) is 13.8 Å². The maximum absolute atomic E-state index is 13.3. The van der Waals surface area contributed by atoms with E-state index in [0.29, 0.717) is 41.9 Å². The van der Waals surface area contributed by atoms with E-state index in [9.17, 15) is 4.79 Å². The van der Waals surface area contributed by atoms with E-state index in [4.69, 9.17) is 16.3 Å². The van der Waals surface area contributed by atoms with Crippen molar-refractivity contribution in [2.75, 3.05) is 20.3 Å². The van der Waals surface area contributed by atoms with Gasteiger partial charge < -0.3 is 15.5 Å². The minimum absolute atomic E-state index is 0.0287. The summed E-state index contributed by atoms with van der Waals surface area (Å²) in [5, 5.41) is 10.7. The maximum Gasteiger partial charge on any atom is 0.277 e. The molecule has 32 heavy (non-hydrogen) atoms. The molecule has 4 N–H and O–H groups in total. The van der Waals surface area contributed by atoms with Crippen molar-refractivity contribution in [1.82, 2.24) is 25.0 Å². The van der Waals surface area contributed by atoms with Gasteiger partial charge in [0.05, 0.1) is 22.8 Å². The molecule has 3 heterocycles. The van der Waals surface area contributed by atoms with Crippen molar-refractivity contribution in [2.45, 2.75) is 39.2 Å². The molecule has 0 bridgehead atoms. The van der Waals surface area contributed by atoms with Crippen LogP contribution >= 0.6 is 0 Å². The molecular formula is C23H29N7O2. The van der Waals surface area contributed by atoms with Crippen LogP contribution < -0.4 is 17.1 Å². The highest BCUT2D eigenvalue weighted by atomic mass is 16.5. The first-order valence-electron chi connectivity index (χ1n) is 10.7. The lowest BCUT2D eigenvalue weighted by atomic mass is 9.95. The highest BCUT2D eigenvalue weighted by Gasteiger charge is 2.21. The minimum atomic E-state index is -0.0939. The predicted octanol–water partition coefficient (Wildman–Crippen LogP) is 1.81. The average molecular weight is 436 g/mol. The number of pyridine rings is 1. The van der Waals surface area contributed by atoms with Crippen LogP contribution in [0.15, 0.2) is 35.4 Å². The fourth-order valence-electron chi connectivity index (χ4n) is 4.08. The van der Waals surface area contributed by atoms with Crippen molar-refractivity contribution in [1.29, 1.82) is 0 Å². The van der Waals surface area contributed by atoms with Gasteiger partial charge in [-0.3, -0.25) is 9.78 Å². The summed E-state index contributed by atoms with van der Waals surface area (Å²) in [5.74, 6) is 5.62. The number of hydrazine groups is 1. The smallest absolute Gasteiger partial charge is 0.277 e. The second kappa shape index (κ2) is 9.05. The fraction of sp³-hybridized carbons (Fsp3) is 0.391. The van der Waals surface area contributed by atoms with Gasteiger partial charge in [0.25, 0.3) is 5.56 Å². The van der Waals surface area contributed by atoms with Crippen LogP contribution in [-0.2, 0) is 11.2 Å². The lowest BCUT2D eigenvalue weighted by Gasteiger charge is -2.23. The van der Waals surface area contributed by atoms with Crippen molar-refractivity contribution in [3.8, 4) is 0 Å². The number of hydrogen-bond donors (Lipinski definition) is 2. The van der Waals surface area contributed by atoms with Gasteiger partial charge in [0.2, 0.25) is 0 Å². The standard InChI is InChI=1S/C23H29N7O2/c1-14-15(2)22-19(23(31)30(28-27-22)18-6-8-32-9-7-18)11-17(14)10-16-4-5-21(26-12-16)20(24)13-29(3)25/h4-5,11-13,18H,6-10,24-25H2,1-3H3/b20-13-. The molecule has 9 nitrogen and oxygen atoms in total. The summed E-state index contributed by atoms with van der Waals surface area (Å²) < 4.78 is 6.95. The zero-order valence-corrected chi connectivity index (χ0v) is 18.7. The molecule has 0 atom stereocenters. The van der Waals surface area contributed by atoms with Crippen LogP contribution in [0.3, 0.4) is 0 Å². The van der Waals surface area contributed by atoms with Crippen LogP contribution in [0.2, 0.25) is 0 Å². The fourth-order valence-corrected chi connectivity index (χ4v) is 4.08. The molecule has 9 heteroatoms. The van der Waals surface area contributed by atoms with Gasteiger partial charge in [-0.05, 0) is 67.5 Å². The molecule has 2 aromatic heterocycles. The largest absolute Gasteiger partial charge is 0.396 e. The molecule has 1 aliphatic rings. The van der Waals surface area contributed by atoms with Gasteiger partial charge in [0.15, 0.2) is 0 Å². The third-order valence-corrected chi connectivity index (χ3v) is 6.05. The number of aromatic nitrogens is 4. The number of fused-ring (bicyclic) bond motifs is 1. The summed E-state index contributed by atoms with van der Waals surface area (Å²) in [6, 6.07) is 5.85. The number of aryl methyl sites for hydroxylation is 1. The normalized spacial score (nSPS) is 15.3. The lowest BCUT2D eigenvalue weighted by molar-refractivity contribution is 0.0641. The molecule has 0 aliphatic carbocycles. The van der Waals surface area contributed by atoms with Crippen molar-refractivity contribution in [3.63, 3.8) is 0 Å². The molecule has 4 rings (SSSR count). The summed E-state index contributed by atoms with van der Waals surface area (Å²) in [4.78, 5) is 17.7. The Kier molecular flexibility index (Phi) is 6.20. The second-order valence-corrected chi connectivity index (χ2v) is 8.34. The Morgan fingerprint density at radius 2 is 2.03 bits per heavy atom. The molecule has 1 aliphatic heterocycles. The Labute approximate surface area is 186 Å². The first kappa shape index (κ1) is 21.9. The first-order valence-corrected chi connectivity index (χ1v) is 10.7. The number of nitrogens with zero attached hydrogens (tertiary/aromatic N) is 5. The molecule has 0 saturated carbocycles. The van der Waals surface area contributed by atoms with Crippen molar-refractivity contribution >= 4 is 16.6 Å². The van der Waals surface area contributed by atoms with Gasteiger partial charge in [-0.25, -0.2) is 10.5 Å². The summed E-state index contributed by atoms with van der Waals surface area (Å²) >= 11 is 0. The van der Waals surface area contributed by atoms with Crippen molar-refractivity contribution in [3.05, 3.63) is 68.9 Å². The van der Waals surface area contributed by atoms with E-state index in [-0.39, 0.29) is 11.6 Å². The van der Waals surface area contributed by atoms with E-state index in [1.165, 1.54) is 9.69 Å². The van der Waals surface area contributed by atoms with Gasteiger partial charge in [-0.2, -0.15) is 0 Å². The SMILES string of the molecule is Cc1c(Cc2ccc(/C(N)=C/N(C)N)nc2)cc2c(=O)n(C3CCOCC3)nnc2c1C. The molecular weight excluding hydrogens is 406 g/mol. The average Bonchev–Trinajstić information content (AvgIpc) is 2.78. The maximum atomic E-state index is 13.3. The highest BCUT2D eigenvalue weighted by molar-refractivity contribution is 5.82. The third kappa shape index (κ3) is 4.35. The lowest BCUT2D eigenvalue weighted by Crippen LogP contribution is -2.32. The Morgan fingerprint density at radius 1 is 1.28 bits per heavy atom. The number of ether oxygens (including phenoxy) is 1. The molecule has 3 aromatic rings. The Morgan fingerprint density at radius 3 is 2.69 bits per heavy atom. The Balaban J connectivity index is 1.69. The summed E-state index contributed by atoms with van der Waals surface area (Å²) in [5.41, 5.74) is 11.9. The Hall–Kier alpha value is -3.30. The summed E-state index contributed by atoms with van der Waals surface area (Å²) in [7, 11) is 1.70. The van der Waals surface area contributed by atoms with Crippen LogP contribution in [0.5, 0.6) is 0 Å². The van der Waals surface area contributed by atoms with Gasteiger partial charge >= 0.3 is 0 Å². The van der Waals surface area contributed by atoms with Gasteiger partial charge in [-0.15, -0.1) is 5.10 Å². The highest BCUT2D eigenvalue weighted by Crippen LogP contribution is 2.25.